The number of ether oxygens (including phenoxy) is 1. The van der Waals surface area contributed by atoms with Crippen molar-refractivity contribution in [3.63, 3.8) is 0 Å². The maximum atomic E-state index is 12.5. The summed E-state index contributed by atoms with van der Waals surface area (Å²) in [6.45, 7) is 8.17. The molecule has 0 atom stereocenters. The summed E-state index contributed by atoms with van der Waals surface area (Å²) >= 11 is 1.69. The number of hydrogen-bond donors (Lipinski definition) is 0. The number of methoxy groups -OCH3 is 1. The fourth-order valence-corrected chi connectivity index (χ4v) is 3.69. The second kappa shape index (κ2) is 8.47. The number of thiazole rings is 1. The van der Waals surface area contributed by atoms with Crippen molar-refractivity contribution in [3.8, 4) is 5.75 Å². The summed E-state index contributed by atoms with van der Waals surface area (Å²) in [5, 5.41) is 3.22. The lowest BCUT2D eigenvalue weighted by Crippen LogP contribution is -2.47. The standard InChI is InChI=1S/C20H25N3O2S/c1-15-4-6-19(25-3)17(12-15)5-7-20(24)23-10-8-22(9-11-23)13-18-14-26-16(2)21-18/h4-7,12,14H,8-11,13H2,1-3H3. The first-order valence-electron chi connectivity index (χ1n) is 8.80. The van der Waals surface area contributed by atoms with E-state index in [1.165, 1.54) is 0 Å². The van der Waals surface area contributed by atoms with Gasteiger partial charge in [-0.1, -0.05) is 11.6 Å². The van der Waals surface area contributed by atoms with Crippen molar-refractivity contribution in [2.75, 3.05) is 33.3 Å². The zero-order chi connectivity index (χ0) is 18.5. The molecule has 0 saturated carbocycles. The van der Waals surface area contributed by atoms with Crippen LogP contribution in [0.1, 0.15) is 21.8 Å². The highest BCUT2D eigenvalue weighted by Gasteiger charge is 2.20. The van der Waals surface area contributed by atoms with Crippen molar-refractivity contribution in [3.05, 3.63) is 51.5 Å². The van der Waals surface area contributed by atoms with E-state index >= 15 is 0 Å². The van der Waals surface area contributed by atoms with Gasteiger partial charge in [0.2, 0.25) is 5.91 Å². The van der Waals surface area contributed by atoms with Gasteiger partial charge in [-0.2, -0.15) is 0 Å². The molecule has 0 aliphatic carbocycles. The Labute approximate surface area is 158 Å². The van der Waals surface area contributed by atoms with Crippen LogP contribution in [-0.4, -0.2) is 54.0 Å². The maximum absolute atomic E-state index is 12.5. The van der Waals surface area contributed by atoms with Gasteiger partial charge in [0.1, 0.15) is 5.75 Å². The maximum Gasteiger partial charge on any atom is 0.246 e. The van der Waals surface area contributed by atoms with E-state index in [0.29, 0.717) is 0 Å². The predicted octanol–water partition coefficient (Wildman–Crippen LogP) is 3.13. The van der Waals surface area contributed by atoms with Gasteiger partial charge >= 0.3 is 0 Å². The van der Waals surface area contributed by atoms with E-state index in [1.807, 2.05) is 43.0 Å². The third kappa shape index (κ3) is 4.71. The van der Waals surface area contributed by atoms with Crippen molar-refractivity contribution < 1.29 is 9.53 Å². The van der Waals surface area contributed by atoms with Crippen molar-refractivity contribution in [1.29, 1.82) is 0 Å². The Hall–Kier alpha value is -2.18. The Morgan fingerprint density at radius 3 is 2.69 bits per heavy atom. The molecular weight excluding hydrogens is 346 g/mol. The average molecular weight is 372 g/mol. The molecule has 0 radical (unpaired) electrons. The van der Waals surface area contributed by atoms with Crippen molar-refractivity contribution in [2.45, 2.75) is 20.4 Å². The van der Waals surface area contributed by atoms with Crippen LogP contribution in [-0.2, 0) is 11.3 Å². The minimum Gasteiger partial charge on any atom is -0.496 e. The molecule has 0 unspecified atom stereocenters. The molecule has 1 saturated heterocycles. The van der Waals surface area contributed by atoms with E-state index < -0.39 is 0 Å². The monoisotopic (exact) mass is 371 g/mol. The fraction of sp³-hybridized carbons (Fsp3) is 0.400. The number of amides is 1. The van der Waals surface area contributed by atoms with Crippen molar-refractivity contribution in [1.82, 2.24) is 14.8 Å². The molecule has 6 heteroatoms. The lowest BCUT2D eigenvalue weighted by atomic mass is 10.1. The number of piperazine rings is 1. The fourth-order valence-electron chi connectivity index (χ4n) is 3.09. The first-order chi connectivity index (χ1) is 12.5. The van der Waals surface area contributed by atoms with Crippen LogP contribution in [0.15, 0.2) is 29.7 Å². The number of carbonyl (C=O) groups excluding carboxylic acids is 1. The molecular formula is C20H25N3O2S. The van der Waals surface area contributed by atoms with E-state index in [0.717, 1.165) is 60.3 Å². The molecule has 1 amide bonds. The average Bonchev–Trinajstić information content (AvgIpc) is 3.05. The van der Waals surface area contributed by atoms with Gasteiger partial charge in [-0.05, 0) is 32.1 Å². The van der Waals surface area contributed by atoms with Crippen molar-refractivity contribution in [2.24, 2.45) is 0 Å². The molecule has 1 aliphatic heterocycles. The molecule has 5 nitrogen and oxygen atoms in total. The summed E-state index contributed by atoms with van der Waals surface area (Å²) in [6.07, 6.45) is 3.50. The van der Waals surface area contributed by atoms with Crippen LogP contribution in [0.2, 0.25) is 0 Å². The van der Waals surface area contributed by atoms with Crippen LogP contribution in [0.4, 0.5) is 0 Å². The summed E-state index contributed by atoms with van der Waals surface area (Å²) < 4.78 is 5.36. The molecule has 0 bridgehead atoms. The molecule has 1 aromatic carbocycles. The summed E-state index contributed by atoms with van der Waals surface area (Å²) in [5.41, 5.74) is 3.20. The number of hydrogen-bond acceptors (Lipinski definition) is 5. The van der Waals surface area contributed by atoms with E-state index in [-0.39, 0.29) is 5.91 Å². The highest BCUT2D eigenvalue weighted by molar-refractivity contribution is 7.09. The highest BCUT2D eigenvalue weighted by atomic mass is 32.1. The first-order valence-corrected chi connectivity index (χ1v) is 9.68. The molecule has 1 aromatic heterocycles. The summed E-state index contributed by atoms with van der Waals surface area (Å²) in [6, 6.07) is 5.95. The minimum absolute atomic E-state index is 0.0534. The van der Waals surface area contributed by atoms with Gasteiger partial charge in [0.05, 0.1) is 17.8 Å². The van der Waals surface area contributed by atoms with Crippen LogP contribution >= 0.6 is 11.3 Å². The molecule has 0 N–H and O–H groups in total. The van der Waals surface area contributed by atoms with Crippen LogP contribution < -0.4 is 4.74 Å². The Balaban J connectivity index is 1.54. The number of aryl methyl sites for hydroxylation is 2. The van der Waals surface area contributed by atoms with Gasteiger partial charge in [-0.25, -0.2) is 4.98 Å². The third-order valence-electron chi connectivity index (χ3n) is 4.53. The molecule has 2 aromatic rings. The van der Waals surface area contributed by atoms with Gasteiger partial charge in [-0.3, -0.25) is 9.69 Å². The summed E-state index contributed by atoms with van der Waals surface area (Å²) in [4.78, 5) is 21.3. The normalized spacial score (nSPS) is 15.6. The SMILES string of the molecule is COc1ccc(C)cc1C=CC(=O)N1CCN(Cc2csc(C)n2)CC1. The summed E-state index contributed by atoms with van der Waals surface area (Å²) in [5.74, 6) is 0.834. The lowest BCUT2D eigenvalue weighted by molar-refractivity contribution is -0.127. The number of aromatic nitrogens is 1. The number of rotatable bonds is 5. The zero-order valence-electron chi connectivity index (χ0n) is 15.6. The van der Waals surface area contributed by atoms with Gasteiger partial charge in [0, 0.05) is 49.7 Å². The van der Waals surface area contributed by atoms with E-state index in [4.69, 9.17) is 4.74 Å². The quantitative estimate of drug-likeness (QED) is 0.758. The molecule has 0 spiro atoms. The van der Waals surface area contributed by atoms with Crippen LogP contribution in [0.3, 0.4) is 0 Å². The van der Waals surface area contributed by atoms with Gasteiger partial charge in [-0.15, -0.1) is 11.3 Å². The Morgan fingerprint density at radius 2 is 2.04 bits per heavy atom. The smallest absolute Gasteiger partial charge is 0.246 e. The van der Waals surface area contributed by atoms with E-state index in [2.05, 4.69) is 15.3 Å². The molecule has 2 heterocycles. The molecule has 138 valence electrons. The number of nitrogens with zero attached hydrogens (tertiary/aromatic N) is 3. The second-order valence-corrected chi connectivity index (χ2v) is 7.60. The molecule has 26 heavy (non-hydrogen) atoms. The first kappa shape index (κ1) is 18.6. The van der Waals surface area contributed by atoms with E-state index in [9.17, 15) is 4.79 Å². The van der Waals surface area contributed by atoms with E-state index in [1.54, 1.807) is 24.5 Å². The highest BCUT2D eigenvalue weighted by Crippen LogP contribution is 2.21. The summed E-state index contributed by atoms with van der Waals surface area (Å²) in [7, 11) is 1.65. The van der Waals surface area contributed by atoms with Crippen LogP contribution in [0.5, 0.6) is 5.75 Å². The molecule has 3 rings (SSSR count). The largest absolute Gasteiger partial charge is 0.496 e. The number of benzene rings is 1. The Kier molecular flexibility index (Phi) is 6.06. The Morgan fingerprint density at radius 1 is 1.27 bits per heavy atom. The van der Waals surface area contributed by atoms with Gasteiger partial charge in [0.15, 0.2) is 0 Å². The van der Waals surface area contributed by atoms with Crippen molar-refractivity contribution >= 4 is 23.3 Å². The second-order valence-electron chi connectivity index (χ2n) is 6.54. The van der Waals surface area contributed by atoms with Gasteiger partial charge < -0.3 is 9.64 Å². The Bertz CT molecular complexity index is 792. The molecule has 1 fully saturated rings. The van der Waals surface area contributed by atoms with Crippen LogP contribution in [0, 0.1) is 13.8 Å². The van der Waals surface area contributed by atoms with Crippen LogP contribution in [0.25, 0.3) is 6.08 Å². The molecule has 1 aliphatic rings. The zero-order valence-corrected chi connectivity index (χ0v) is 16.4. The van der Waals surface area contributed by atoms with Gasteiger partial charge in [0.25, 0.3) is 0 Å². The minimum atomic E-state index is 0.0534. The lowest BCUT2D eigenvalue weighted by Gasteiger charge is -2.33. The number of carbonyl (C=O) groups is 1. The topological polar surface area (TPSA) is 45.7 Å². The predicted molar refractivity (Wildman–Crippen MR) is 105 cm³/mol. The third-order valence-corrected chi connectivity index (χ3v) is 5.35.